The zero-order valence-corrected chi connectivity index (χ0v) is 18.9. The number of aryl methyl sites for hydroxylation is 1. The number of benzene rings is 2. The molecule has 2 aromatic rings. The summed E-state index contributed by atoms with van der Waals surface area (Å²) < 4.78 is 0. The van der Waals surface area contributed by atoms with Crippen molar-refractivity contribution in [2.24, 2.45) is 0 Å². The molecule has 29 heavy (non-hydrogen) atoms. The molecule has 0 bridgehead atoms. The first-order valence-electron chi connectivity index (χ1n) is 9.86. The topological polar surface area (TPSA) is 49.4 Å². The third-order valence-corrected chi connectivity index (χ3v) is 6.09. The molecular weight excluding hydrogens is 404 g/mol. The van der Waals surface area contributed by atoms with E-state index in [1.54, 1.807) is 11.8 Å². The second kappa shape index (κ2) is 11.9. The van der Waals surface area contributed by atoms with Crippen molar-refractivity contribution >= 4 is 35.2 Å². The van der Waals surface area contributed by atoms with Gasteiger partial charge in [-0.25, -0.2) is 0 Å². The molecule has 2 amide bonds. The number of amides is 2. The Hall–Kier alpha value is -1.98. The molecule has 0 fully saturated rings. The molecule has 0 aliphatic carbocycles. The molecule has 0 radical (unpaired) electrons. The van der Waals surface area contributed by atoms with Gasteiger partial charge in [-0.15, -0.1) is 11.8 Å². The maximum absolute atomic E-state index is 13.0. The maximum atomic E-state index is 13.0. The summed E-state index contributed by atoms with van der Waals surface area (Å²) in [5, 5.41) is 3.61. The van der Waals surface area contributed by atoms with Gasteiger partial charge in [-0.1, -0.05) is 61.0 Å². The first-order chi connectivity index (χ1) is 13.9. The lowest BCUT2D eigenvalue weighted by atomic mass is 10.1. The minimum Gasteiger partial charge on any atom is -0.354 e. The molecule has 0 aromatic heterocycles. The molecule has 2 rings (SSSR count). The summed E-state index contributed by atoms with van der Waals surface area (Å²) in [5.74, 6) is 0.775. The first-order valence-corrected chi connectivity index (χ1v) is 11.4. The van der Waals surface area contributed by atoms with E-state index in [2.05, 4.69) is 5.32 Å². The molecule has 6 heteroatoms. The molecule has 0 aliphatic rings. The molecule has 156 valence electrons. The number of carbonyl (C=O) groups excluding carboxylic acids is 2. The Bertz CT molecular complexity index is 828. The normalized spacial score (nSPS) is 11.7. The van der Waals surface area contributed by atoms with Crippen LogP contribution < -0.4 is 5.32 Å². The van der Waals surface area contributed by atoms with Crippen LogP contribution in [0.2, 0.25) is 5.02 Å². The third kappa shape index (κ3) is 7.09. The van der Waals surface area contributed by atoms with Gasteiger partial charge in [0.25, 0.3) is 0 Å². The predicted molar refractivity (Wildman–Crippen MR) is 122 cm³/mol. The molecule has 1 atom stereocenters. The van der Waals surface area contributed by atoms with Crippen molar-refractivity contribution < 1.29 is 9.59 Å². The lowest BCUT2D eigenvalue weighted by Gasteiger charge is -2.29. The summed E-state index contributed by atoms with van der Waals surface area (Å²) in [4.78, 5) is 27.3. The van der Waals surface area contributed by atoms with Crippen molar-refractivity contribution in [1.82, 2.24) is 10.2 Å². The number of hydrogen-bond donors (Lipinski definition) is 1. The summed E-state index contributed by atoms with van der Waals surface area (Å²) in [6.07, 6.45) is 0.859. The van der Waals surface area contributed by atoms with Crippen LogP contribution in [0.25, 0.3) is 0 Å². The summed E-state index contributed by atoms with van der Waals surface area (Å²) in [5.41, 5.74) is 3.16. The van der Waals surface area contributed by atoms with E-state index in [-0.39, 0.29) is 11.8 Å². The van der Waals surface area contributed by atoms with Crippen LogP contribution in [-0.2, 0) is 21.9 Å². The minimum absolute atomic E-state index is 0.0514. The Morgan fingerprint density at radius 3 is 2.41 bits per heavy atom. The van der Waals surface area contributed by atoms with Crippen LogP contribution in [0.5, 0.6) is 0 Å². The van der Waals surface area contributed by atoms with Gasteiger partial charge in [-0.2, -0.15) is 0 Å². The van der Waals surface area contributed by atoms with E-state index in [1.807, 2.05) is 62.4 Å². The molecule has 0 saturated carbocycles. The van der Waals surface area contributed by atoms with E-state index in [4.69, 9.17) is 11.6 Å². The maximum Gasteiger partial charge on any atom is 0.242 e. The number of thioether (sulfide) groups is 1. The lowest BCUT2D eigenvalue weighted by molar-refractivity contribution is -0.138. The summed E-state index contributed by atoms with van der Waals surface area (Å²) in [6.45, 7) is 6.84. The monoisotopic (exact) mass is 432 g/mol. The fourth-order valence-electron chi connectivity index (χ4n) is 2.90. The zero-order valence-electron chi connectivity index (χ0n) is 17.3. The zero-order chi connectivity index (χ0) is 21.2. The Labute approximate surface area is 183 Å². The fraction of sp³-hybridized carbons (Fsp3) is 0.391. The van der Waals surface area contributed by atoms with E-state index >= 15 is 0 Å². The van der Waals surface area contributed by atoms with Gasteiger partial charge < -0.3 is 10.2 Å². The Kier molecular flexibility index (Phi) is 9.55. The van der Waals surface area contributed by atoms with Crippen molar-refractivity contribution in [3.8, 4) is 0 Å². The van der Waals surface area contributed by atoms with Crippen molar-refractivity contribution in [3.63, 3.8) is 0 Å². The lowest BCUT2D eigenvalue weighted by Crippen LogP contribution is -2.48. The molecule has 0 spiro atoms. The van der Waals surface area contributed by atoms with Gasteiger partial charge in [0.05, 0.1) is 5.75 Å². The van der Waals surface area contributed by atoms with E-state index < -0.39 is 6.04 Å². The van der Waals surface area contributed by atoms with Gasteiger partial charge in [0.15, 0.2) is 0 Å². The number of nitrogens with one attached hydrogen (secondary N) is 1. The smallest absolute Gasteiger partial charge is 0.242 e. The molecule has 2 aromatic carbocycles. The average Bonchev–Trinajstić information content (AvgIpc) is 2.72. The van der Waals surface area contributed by atoms with Crippen LogP contribution in [0.4, 0.5) is 0 Å². The quantitative estimate of drug-likeness (QED) is 0.585. The van der Waals surface area contributed by atoms with Gasteiger partial charge in [-0.05, 0) is 43.0 Å². The van der Waals surface area contributed by atoms with E-state index in [0.717, 1.165) is 23.1 Å². The Morgan fingerprint density at radius 1 is 1.10 bits per heavy atom. The SMILES string of the molecule is CCCNC(=O)C(C)N(Cc1ccccc1C)C(=O)CSCc1ccccc1Cl. The van der Waals surface area contributed by atoms with Gasteiger partial charge in [0, 0.05) is 23.9 Å². The summed E-state index contributed by atoms with van der Waals surface area (Å²) in [7, 11) is 0. The summed E-state index contributed by atoms with van der Waals surface area (Å²) >= 11 is 7.72. The summed E-state index contributed by atoms with van der Waals surface area (Å²) in [6, 6.07) is 15.1. The van der Waals surface area contributed by atoms with Crippen LogP contribution in [0.3, 0.4) is 0 Å². The molecular formula is C23H29ClN2O2S. The van der Waals surface area contributed by atoms with Crippen LogP contribution in [-0.4, -0.2) is 35.1 Å². The largest absolute Gasteiger partial charge is 0.354 e. The standard InChI is InChI=1S/C23H29ClN2O2S/c1-4-13-25-23(28)18(3)26(14-19-10-6-5-9-17(19)2)22(27)16-29-15-20-11-7-8-12-21(20)24/h5-12,18H,4,13-16H2,1-3H3,(H,25,28). The number of halogens is 1. The van der Waals surface area contributed by atoms with Gasteiger partial charge in [0.2, 0.25) is 11.8 Å². The Morgan fingerprint density at radius 2 is 1.76 bits per heavy atom. The van der Waals surface area contributed by atoms with Crippen LogP contribution >= 0.6 is 23.4 Å². The average molecular weight is 433 g/mol. The second-order valence-corrected chi connectivity index (χ2v) is 8.39. The van der Waals surface area contributed by atoms with Gasteiger partial charge in [0.1, 0.15) is 6.04 Å². The molecule has 0 saturated heterocycles. The highest BCUT2D eigenvalue weighted by atomic mass is 35.5. The highest BCUT2D eigenvalue weighted by Crippen LogP contribution is 2.22. The molecule has 4 nitrogen and oxygen atoms in total. The Balaban J connectivity index is 2.08. The van der Waals surface area contributed by atoms with Crippen molar-refractivity contribution in [3.05, 3.63) is 70.2 Å². The van der Waals surface area contributed by atoms with E-state index in [9.17, 15) is 9.59 Å². The number of rotatable bonds is 10. The van der Waals surface area contributed by atoms with Gasteiger partial charge >= 0.3 is 0 Å². The first kappa shape index (κ1) is 23.3. The van der Waals surface area contributed by atoms with Crippen molar-refractivity contribution in [2.75, 3.05) is 12.3 Å². The van der Waals surface area contributed by atoms with Crippen LogP contribution in [0.15, 0.2) is 48.5 Å². The van der Waals surface area contributed by atoms with Crippen molar-refractivity contribution in [2.45, 2.75) is 45.5 Å². The number of nitrogens with zero attached hydrogens (tertiary/aromatic N) is 1. The molecule has 0 heterocycles. The molecule has 1 N–H and O–H groups in total. The highest BCUT2D eigenvalue weighted by Gasteiger charge is 2.26. The molecule has 1 unspecified atom stereocenters. The van der Waals surface area contributed by atoms with Crippen molar-refractivity contribution in [1.29, 1.82) is 0 Å². The van der Waals surface area contributed by atoms with E-state index in [1.165, 1.54) is 11.8 Å². The number of carbonyl (C=O) groups is 2. The highest BCUT2D eigenvalue weighted by molar-refractivity contribution is 7.99. The minimum atomic E-state index is -0.533. The van der Waals surface area contributed by atoms with E-state index in [0.29, 0.717) is 29.6 Å². The predicted octanol–water partition coefficient (Wildman–Crippen LogP) is 4.83. The third-order valence-electron chi connectivity index (χ3n) is 4.76. The van der Waals surface area contributed by atoms with Crippen LogP contribution in [0.1, 0.15) is 37.0 Å². The second-order valence-electron chi connectivity index (χ2n) is 7.00. The fourth-order valence-corrected chi connectivity index (χ4v) is 4.09. The number of hydrogen-bond acceptors (Lipinski definition) is 3. The molecule has 0 aliphatic heterocycles. The van der Waals surface area contributed by atoms with Gasteiger partial charge in [-0.3, -0.25) is 9.59 Å². The van der Waals surface area contributed by atoms with Crippen LogP contribution in [0, 0.1) is 6.92 Å².